The molecule has 22 heavy (non-hydrogen) atoms. The second kappa shape index (κ2) is 6.37. The molecule has 1 saturated carbocycles. The second-order valence-corrected chi connectivity index (χ2v) is 5.46. The fourth-order valence-electron chi connectivity index (χ4n) is 2.44. The zero-order valence-corrected chi connectivity index (χ0v) is 12.0. The van der Waals surface area contributed by atoms with Crippen LogP contribution in [0.5, 0.6) is 0 Å². The van der Waals surface area contributed by atoms with Gasteiger partial charge in [0.25, 0.3) is 0 Å². The second-order valence-electron chi connectivity index (χ2n) is 5.46. The SMILES string of the molecule is CC(=O)NCC(=O)NC1CC(c2ccc(C(F)(F)F)cc2)C1. The van der Waals surface area contributed by atoms with Gasteiger partial charge in [0.1, 0.15) is 0 Å². The largest absolute Gasteiger partial charge is 0.416 e. The first-order valence-corrected chi connectivity index (χ1v) is 6.96. The van der Waals surface area contributed by atoms with Crippen LogP contribution in [0.2, 0.25) is 0 Å². The molecule has 2 amide bonds. The van der Waals surface area contributed by atoms with Gasteiger partial charge in [-0.2, -0.15) is 13.2 Å². The molecule has 120 valence electrons. The molecule has 1 aliphatic rings. The first kappa shape index (κ1) is 16.3. The van der Waals surface area contributed by atoms with E-state index in [4.69, 9.17) is 0 Å². The minimum absolute atomic E-state index is 0.00792. The predicted molar refractivity (Wildman–Crippen MR) is 74.0 cm³/mol. The fourth-order valence-corrected chi connectivity index (χ4v) is 2.44. The Morgan fingerprint density at radius 3 is 2.27 bits per heavy atom. The maximum Gasteiger partial charge on any atom is 0.416 e. The Morgan fingerprint density at radius 1 is 1.18 bits per heavy atom. The first-order chi connectivity index (χ1) is 10.3. The highest BCUT2D eigenvalue weighted by Crippen LogP contribution is 2.38. The van der Waals surface area contributed by atoms with Gasteiger partial charge in [0.05, 0.1) is 12.1 Å². The van der Waals surface area contributed by atoms with Crippen LogP contribution < -0.4 is 10.6 Å². The third-order valence-electron chi connectivity index (χ3n) is 3.71. The zero-order chi connectivity index (χ0) is 16.3. The quantitative estimate of drug-likeness (QED) is 0.895. The summed E-state index contributed by atoms with van der Waals surface area (Å²) in [6, 6.07) is 5.15. The van der Waals surface area contributed by atoms with Crippen molar-refractivity contribution in [2.75, 3.05) is 6.54 Å². The van der Waals surface area contributed by atoms with Crippen molar-refractivity contribution in [1.82, 2.24) is 10.6 Å². The number of halogens is 3. The van der Waals surface area contributed by atoms with E-state index in [1.165, 1.54) is 19.1 Å². The van der Waals surface area contributed by atoms with Crippen LogP contribution in [0.25, 0.3) is 0 Å². The van der Waals surface area contributed by atoms with Crippen LogP contribution in [0.4, 0.5) is 13.2 Å². The number of benzene rings is 1. The van der Waals surface area contributed by atoms with Crippen molar-refractivity contribution in [3.8, 4) is 0 Å². The lowest BCUT2D eigenvalue weighted by molar-refractivity contribution is -0.137. The van der Waals surface area contributed by atoms with Gasteiger partial charge < -0.3 is 10.6 Å². The van der Waals surface area contributed by atoms with Gasteiger partial charge in [0, 0.05) is 13.0 Å². The summed E-state index contributed by atoms with van der Waals surface area (Å²) >= 11 is 0. The van der Waals surface area contributed by atoms with Gasteiger partial charge in [-0.1, -0.05) is 12.1 Å². The highest BCUT2D eigenvalue weighted by atomic mass is 19.4. The number of hydrogen-bond donors (Lipinski definition) is 2. The summed E-state index contributed by atoms with van der Waals surface area (Å²) in [4.78, 5) is 22.2. The molecule has 2 rings (SSSR count). The predicted octanol–water partition coefficient (Wildman–Crippen LogP) is 2.20. The molecule has 7 heteroatoms. The van der Waals surface area contributed by atoms with Crippen molar-refractivity contribution in [2.45, 2.75) is 37.9 Å². The number of rotatable bonds is 4. The molecule has 0 saturated heterocycles. The van der Waals surface area contributed by atoms with Gasteiger partial charge in [-0.05, 0) is 36.5 Å². The van der Waals surface area contributed by atoms with Crippen molar-refractivity contribution in [3.05, 3.63) is 35.4 Å². The molecule has 1 fully saturated rings. The summed E-state index contributed by atoms with van der Waals surface area (Å²) in [6.45, 7) is 1.27. The van der Waals surface area contributed by atoms with Gasteiger partial charge in [-0.25, -0.2) is 0 Å². The summed E-state index contributed by atoms with van der Waals surface area (Å²) in [7, 11) is 0. The van der Waals surface area contributed by atoms with E-state index >= 15 is 0 Å². The molecule has 1 aromatic carbocycles. The molecular formula is C15H17F3N2O2. The van der Waals surface area contributed by atoms with Crippen LogP contribution in [0.1, 0.15) is 36.8 Å². The Kier molecular flexibility index (Phi) is 4.73. The lowest BCUT2D eigenvalue weighted by Crippen LogP contribution is -2.46. The zero-order valence-electron chi connectivity index (χ0n) is 12.0. The van der Waals surface area contributed by atoms with Crippen molar-refractivity contribution in [1.29, 1.82) is 0 Å². The molecule has 1 aromatic rings. The number of carbonyl (C=O) groups is 2. The van der Waals surface area contributed by atoms with Crippen LogP contribution in [-0.4, -0.2) is 24.4 Å². The van der Waals surface area contributed by atoms with Gasteiger partial charge in [0.2, 0.25) is 11.8 Å². The summed E-state index contributed by atoms with van der Waals surface area (Å²) in [6.07, 6.45) is -2.94. The molecule has 0 atom stereocenters. The number of amides is 2. The number of hydrogen-bond acceptors (Lipinski definition) is 2. The minimum Gasteiger partial charge on any atom is -0.352 e. The van der Waals surface area contributed by atoms with Crippen LogP contribution in [0.3, 0.4) is 0 Å². The molecule has 0 radical (unpaired) electrons. The highest BCUT2D eigenvalue weighted by Gasteiger charge is 2.33. The summed E-state index contributed by atoms with van der Waals surface area (Å²) < 4.78 is 37.4. The Hall–Kier alpha value is -2.05. The number of carbonyl (C=O) groups excluding carboxylic acids is 2. The van der Waals surface area contributed by atoms with Gasteiger partial charge >= 0.3 is 6.18 Å². The van der Waals surface area contributed by atoms with E-state index in [2.05, 4.69) is 10.6 Å². The summed E-state index contributed by atoms with van der Waals surface area (Å²) in [5, 5.41) is 5.18. The van der Waals surface area contributed by atoms with Gasteiger partial charge in [-0.15, -0.1) is 0 Å². The average molecular weight is 314 g/mol. The van der Waals surface area contributed by atoms with E-state index in [9.17, 15) is 22.8 Å². The molecule has 0 bridgehead atoms. The summed E-state index contributed by atoms with van der Waals surface area (Å²) in [5.74, 6) is -0.370. The third-order valence-corrected chi connectivity index (χ3v) is 3.71. The van der Waals surface area contributed by atoms with E-state index in [0.29, 0.717) is 12.8 Å². The van der Waals surface area contributed by atoms with Crippen molar-refractivity contribution in [3.63, 3.8) is 0 Å². The molecule has 1 aliphatic carbocycles. The molecule has 0 aliphatic heterocycles. The Balaban J connectivity index is 1.79. The maximum atomic E-state index is 12.5. The Morgan fingerprint density at radius 2 is 1.77 bits per heavy atom. The fraction of sp³-hybridized carbons (Fsp3) is 0.467. The molecular weight excluding hydrogens is 297 g/mol. The standard InChI is InChI=1S/C15H17F3N2O2/c1-9(21)19-8-14(22)20-13-6-11(7-13)10-2-4-12(5-3-10)15(16,17)18/h2-5,11,13H,6-8H2,1H3,(H,19,21)(H,20,22). The number of nitrogens with one attached hydrogen (secondary N) is 2. The topological polar surface area (TPSA) is 58.2 Å². The Bertz CT molecular complexity index is 549. The van der Waals surface area contributed by atoms with E-state index < -0.39 is 11.7 Å². The minimum atomic E-state index is -4.32. The lowest BCUT2D eigenvalue weighted by Gasteiger charge is -2.36. The van der Waals surface area contributed by atoms with Crippen LogP contribution in [0.15, 0.2) is 24.3 Å². The Labute approximate surface area is 126 Å². The van der Waals surface area contributed by atoms with Crippen LogP contribution in [0, 0.1) is 0 Å². The van der Waals surface area contributed by atoms with Crippen LogP contribution >= 0.6 is 0 Å². The maximum absolute atomic E-state index is 12.5. The number of alkyl halides is 3. The normalized spacial score (nSPS) is 20.9. The van der Waals surface area contributed by atoms with E-state index in [1.54, 1.807) is 0 Å². The van der Waals surface area contributed by atoms with Crippen LogP contribution in [-0.2, 0) is 15.8 Å². The molecule has 0 unspecified atom stereocenters. The molecule has 0 heterocycles. The lowest BCUT2D eigenvalue weighted by atomic mass is 9.75. The summed E-state index contributed by atoms with van der Waals surface area (Å²) in [5.41, 5.74) is 0.191. The average Bonchev–Trinajstić information content (AvgIpc) is 2.39. The molecule has 2 N–H and O–H groups in total. The van der Waals surface area contributed by atoms with Crippen molar-refractivity contribution in [2.24, 2.45) is 0 Å². The van der Waals surface area contributed by atoms with Crippen molar-refractivity contribution >= 4 is 11.8 Å². The third kappa shape index (κ3) is 4.22. The molecule has 4 nitrogen and oxygen atoms in total. The van der Waals surface area contributed by atoms with Gasteiger partial charge in [-0.3, -0.25) is 9.59 Å². The monoisotopic (exact) mass is 314 g/mol. The van der Waals surface area contributed by atoms with E-state index in [1.807, 2.05) is 0 Å². The van der Waals surface area contributed by atoms with Crippen molar-refractivity contribution < 1.29 is 22.8 Å². The van der Waals surface area contributed by atoms with Gasteiger partial charge in [0.15, 0.2) is 0 Å². The smallest absolute Gasteiger partial charge is 0.352 e. The van der Waals surface area contributed by atoms with E-state index in [-0.39, 0.29) is 30.3 Å². The molecule has 0 aromatic heterocycles. The highest BCUT2D eigenvalue weighted by molar-refractivity contribution is 5.83. The van der Waals surface area contributed by atoms with E-state index in [0.717, 1.165) is 17.7 Å². The molecule has 0 spiro atoms. The first-order valence-electron chi connectivity index (χ1n) is 6.96.